The summed E-state index contributed by atoms with van der Waals surface area (Å²) in [7, 11) is 0. The summed E-state index contributed by atoms with van der Waals surface area (Å²) in [4.78, 5) is 12.0. The molecule has 2 saturated carbocycles. The zero-order valence-electron chi connectivity index (χ0n) is 12.1. The molecule has 2 aliphatic heterocycles. The van der Waals surface area contributed by atoms with Crippen LogP contribution in [-0.2, 0) is 14.3 Å². The van der Waals surface area contributed by atoms with Gasteiger partial charge >= 0.3 is 0 Å². The van der Waals surface area contributed by atoms with E-state index in [-0.39, 0.29) is 11.5 Å². The highest BCUT2D eigenvalue weighted by atomic mass is 16.6. The number of ether oxygens (including phenoxy) is 2. The number of hydrogen-bond acceptors (Lipinski definition) is 3. The zero-order valence-corrected chi connectivity index (χ0v) is 12.1. The van der Waals surface area contributed by atoms with Crippen molar-refractivity contribution in [2.75, 3.05) is 6.54 Å². The van der Waals surface area contributed by atoms with Gasteiger partial charge in [-0.2, -0.15) is 0 Å². The molecule has 2 heterocycles. The van der Waals surface area contributed by atoms with E-state index < -0.39 is 0 Å². The molecule has 1 N–H and O–H groups in total. The van der Waals surface area contributed by atoms with Crippen LogP contribution in [0.3, 0.4) is 0 Å². The Morgan fingerprint density at radius 1 is 1.20 bits per heavy atom. The molecule has 2 aliphatic carbocycles. The fraction of sp³-hybridized carbons (Fsp3) is 0.938. The van der Waals surface area contributed by atoms with Gasteiger partial charge in [-0.05, 0) is 44.4 Å². The van der Waals surface area contributed by atoms with Gasteiger partial charge in [0.25, 0.3) is 0 Å². The number of carbonyl (C=O) groups excluding carboxylic acids is 1. The molecule has 0 spiro atoms. The molecule has 5 unspecified atom stereocenters. The van der Waals surface area contributed by atoms with Gasteiger partial charge in [0.1, 0.15) is 0 Å². The van der Waals surface area contributed by atoms with Crippen LogP contribution in [0.2, 0.25) is 0 Å². The first kappa shape index (κ1) is 13.1. The van der Waals surface area contributed by atoms with Crippen molar-refractivity contribution in [3.63, 3.8) is 0 Å². The molecule has 112 valence electrons. The zero-order chi connectivity index (χ0) is 13.6. The Morgan fingerprint density at radius 2 is 2.15 bits per heavy atom. The number of rotatable bonds is 5. The van der Waals surface area contributed by atoms with Crippen molar-refractivity contribution in [3.8, 4) is 0 Å². The van der Waals surface area contributed by atoms with E-state index in [0.29, 0.717) is 30.7 Å². The van der Waals surface area contributed by atoms with Crippen molar-refractivity contribution in [2.45, 2.75) is 81.7 Å². The Labute approximate surface area is 120 Å². The predicted molar refractivity (Wildman–Crippen MR) is 74.3 cm³/mol. The van der Waals surface area contributed by atoms with Crippen molar-refractivity contribution in [2.24, 2.45) is 5.92 Å². The average molecular weight is 279 g/mol. The molecular weight excluding hydrogens is 254 g/mol. The topological polar surface area (TPSA) is 54.2 Å². The summed E-state index contributed by atoms with van der Waals surface area (Å²) in [5.41, 5.74) is 0.144. The number of amides is 1. The quantitative estimate of drug-likeness (QED) is 0.785. The Kier molecular flexibility index (Phi) is 3.26. The van der Waals surface area contributed by atoms with Crippen molar-refractivity contribution in [1.82, 2.24) is 5.32 Å². The van der Waals surface area contributed by atoms with Gasteiger partial charge in [-0.15, -0.1) is 0 Å². The van der Waals surface area contributed by atoms with Gasteiger partial charge in [0.05, 0.1) is 23.9 Å². The number of epoxide rings is 2. The van der Waals surface area contributed by atoms with Crippen LogP contribution in [-0.4, -0.2) is 36.4 Å². The van der Waals surface area contributed by atoms with Crippen LogP contribution in [0.1, 0.15) is 57.8 Å². The molecule has 0 bridgehead atoms. The lowest BCUT2D eigenvalue weighted by Gasteiger charge is -2.19. The summed E-state index contributed by atoms with van der Waals surface area (Å²) >= 11 is 0. The molecule has 5 atom stereocenters. The Balaban J connectivity index is 1.15. The molecule has 0 aromatic carbocycles. The second-order valence-electron chi connectivity index (χ2n) is 7.11. The van der Waals surface area contributed by atoms with E-state index in [1.54, 1.807) is 0 Å². The van der Waals surface area contributed by atoms with Crippen LogP contribution in [0.5, 0.6) is 0 Å². The summed E-state index contributed by atoms with van der Waals surface area (Å²) < 4.78 is 11.4. The summed E-state index contributed by atoms with van der Waals surface area (Å²) in [5, 5.41) is 3.10. The summed E-state index contributed by atoms with van der Waals surface area (Å²) in [6.45, 7) is 0.782. The standard InChI is InChI=1S/C16H25NO3/c18-15(10-11-4-5-12-13(9-11)19-12)17-8-7-16-6-2-1-3-14(16)20-16/h11-14H,1-10H2,(H,17,18). The lowest BCUT2D eigenvalue weighted by molar-refractivity contribution is -0.122. The highest BCUT2D eigenvalue weighted by molar-refractivity contribution is 5.76. The first-order chi connectivity index (χ1) is 9.75. The number of nitrogens with one attached hydrogen (secondary N) is 1. The van der Waals surface area contributed by atoms with Crippen molar-refractivity contribution < 1.29 is 14.3 Å². The lowest BCUT2D eigenvalue weighted by Crippen LogP contribution is -2.32. The first-order valence-corrected chi connectivity index (χ1v) is 8.35. The SMILES string of the molecule is O=C(CC1CCC2OC2C1)NCCC12CCCCC1O2. The number of hydrogen-bond donors (Lipinski definition) is 1. The fourth-order valence-corrected chi connectivity index (χ4v) is 4.31. The maximum absolute atomic E-state index is 12.0. The monoisotopic (exact) mass is 279 g/mol. The third-order valence-electron chi connectivity index (χ3n) is 5.68. The molecule has 4 heteroatoms. The number of carbonyl (C=O) groups is 1. The fourth-order valence-electron chi connectivity index (χ4n) is 4.31. The molecule has 4 nitrogen and oxygen atoms in total. The van der Waals surface area contributed by atoms with Crippen molar-refractivity contribution >= 4 is 5.91 Å². The second-order valence-corrected chi connectivity index (χ2v) is 7.11. The molecule has 0 aromatic heterocycles. The molecule has 0 radical (unpaired) electrons. The van der Waals surface area contributed by atoms with Crippen molar-refractivity contribution in [3.05, 3.63) is 0 Å². The minimum atomic E-state index is 0.144. The third-order valence-corrected chi connectivity index (χ3v) is 5.68. The van der Waals surface area contributed by atoms with Gasteiger partial charge in [0.15, 0.2) is 0 Å². The Morgan fingerprint density at radius 3 is 3.00 bits per heavy atom. The Hall–Kier alpha value is -0.610. The van der Waals surface area contributed by atoms with E-state index in [9.17, 15) is 4.79 Å². The molecule has 4 fully saturated rings. The molecule has 4 aliphatic rings. The van der Waals surface area contributed by atoms with Gasteiger partial charge in [-0.25, -0.2) is 0 Å². The smallest absolute Gasteiger partial charge is 0.220 e. The summed E-state index contributed by atoms with van der Waals surface area (Å²) in [6.07, 6.45) is 11.6. The van der Waals surface area contributed by atoms with Crippen LogP contribution < -0.4 is 5.32 Å². The minimum Gasteiger partial charge on any atom is -0.370 e. The van der Waals surface area contributed by atoms with Gasteiger partial charge in [-0.3, -0.25) is 4.79 Å². The maximum Gasteiger partial charge on any atom is 0.220 e. The molecular formula is C16H25NO3. The van der Waals surface area contributed by atoms with Gasteiger partial charge in [0.2, 0.25) is 5.91 Å². The molecule has 1 amide bonds. The summed E-state index contributed by atoms with van der Waals surface area (Å²) in [5.74, 6) is 0.759. The lowest BCUT2D eigenvalue weighted by atomic mass is 9.86. The maximum atomic E-state index is 12.0. The highest BCUT2D eigenvalue weighted by Crippen LogP contribution is 2.49. The van der Waals surface area contributed by atoms with Crippen LogP contribution >= 0.6 is 0 Å². The van der Waals surface area contributed by atoms with E-state index in [0.717, 1.165) is 32.2 Å². The predicted octanol–water partition coefficient (Wildman–Crippen LogP) is 2.16. The van der Waals surface area contributed by atoms with Gasteiger partial charge < -0.3 is 14.8 Å². The van der Waals surface area contributed by atoms with E-state index in [1.165, 1.54) is 25.7 Å². The molecule has 4 rings (SSSR count). The first-order valence-electron chi connectivity index (χ1n) is 8.35. The van der Waals surface area contributed by atoms with Gasteiger partial charge in [0, 0.05) is 13.0 Å². The third kappa shape index (κ3) is 2.60. The molecule has 0 aromatic rings. The van der Waals surface area contributed by atoms with Gasteiger partial charge in [-0.1, -0.05) is 12.8 Å². The number of fused-ring (bicyclic) bond motifs is 2. The van der Waals surface area contributed by atoms with E-state index in [1.807, 2.05) is 0 Å². The van der Waals surface area contributed by atoms with Crippen LogP contribution in [0, 0.1) is 5.92 Å². The highest BCUT2D eigenvalue weighted by Gasteiger charge is 2.56. The Bertz CT molecular complexity index is 399. The average Bonchev–Trinajstić information content (AvgIpc) is 3.32. The van der Waals surface area contributed by atoms with E-state index >= 15 is 0 Å². The molecule has 2 saturated heterocycles. The minimum absolute atomic E-state index is 0.144. The van der Waals surface area contributed by atoms with E-state index in [2.05, 4.69) is 5.32 Å². The summed E-state index contributed by atoms with van der Waals surface area (Å²) in [6, 6.07) is 0. The largest absolute Gasteiger partial charge is 0.370 e. The van der Waals surface area contributed by atoms with Crippen LogP contribution in [0.15, 0.2) is 0 Å². The van der Waals surface area contributed by atoms with Crippen molar-refractivity contribution in [1.29, 1.82) is 0 Å². The van der Waals surface area contributed by atoms with Crippen LogP contribution in [0.4, 0.5) is 0 Å². The molecule has 20 heavy (non-hydrogen) atoms. The van der Waals surface area contributed by atoms with E-state index in [4.69, 9.17) is 9.47 Å². The normalized spacial score (nSPS) is 45.2. The van der Waals surface area contributed by atoms with Crippen LogP contribution in [0.25, 0.3) is 0 Å². The second kappa shape index (κ2) is 4.99.